The highest BCUT2D eigenvalue weighted by Gasteiger charge is 2.23. The van der Waals surface area contributed by atoms with Crippen molar-refractivity contribution < 1.29 is 37.9 Å². The summed E-state index contributed by atoms with van der Waals surface area (Å²) in [7, 11) is -4.42. The van der Waals surface area contributed by atoms with Gasteiger partial charge in [-0.2, -0.15) is 0 Å². The highest BCUT2D eigenvalue weighted by atomic mass is 31.2. The molecule has 0 radical (unpaired) electrons. The fourth-order valence-electron chi connectivity index (χ4n) is 5.40. The summed E-state index contributed by atoms with van der Waals surface area (Å²) >= 11 is 0. The van der Waals surface area contributed by atoms with Crippen molar-refractivity contribution >= 4 is 19.7 Å². The molecule has 10 heteroatoms. The molecule has 0 aliphatic carbocycles. The van der Waals surface area contributed by atoms with Crippen molar-refractivity contribution in [3.8, 4) is 0 Å². The maximum atomic E-state index is 12.1. The lowest BCUT2D eigenvalue weighted by Gasteiger charge is -2.15. The van der Waals surface area contributed by atoms with E-state index in [1.54, 1.807) is 0 Å². The van der Waals surface area contributed by atoms with E-state index < -0.39 is 26.5 Å². The molecule has 1 amide bonds. The number of carbonyl (C=O) groups excluding carboxylic acids is 2. The SMILES string of the molecule is CCCCCC/C=C\C/C=C\CCCCCCCC(=O)OCC(O)COP(=O)(O)OCCNC(=O)CCCCCCC/C=C\CCCCCCC. The first-order valence-corrected chi connectivity index (χ1v) is 22.0. The average Bonchev–Trinajstić information content (AvgIpc) is 3.11. The van der Waals surface area contributed by atoms with Crippen LogP contribution in [0.1, 0.15) is 181 Å². The van der Waals surface area contributed by atoms with Crippen molar-refractivity contribution in [2.45, 2.75) is 187 Å². The first-order chi connectivity index (χ1) is 24.8. The standard InChI is InChI=1S/C41H76NO8P/c1-3-5-7-9-11-13-15-17-19-20-22-24-26-28-30-32-34-41(45)48-37-39(43)38-50-51(46,47)49-36-35-42-40(44)33-31-29-27-25-23-21-18-16-14-12-10-8-6-4-2/h13,15-16,18-20,39,43H,3-12,14,17,21-38H2,1-2H3,(H,42,44)(H,46,47)/b15-13-,18-16-,20-19-. The Morgan fingerprint density at radius 1 is 0.608 bits per heavy atom. The quantitative estimate of drug-likeness (QED) is 0.0247. The van der Waals surface area contributed by atoms with Crippen LogP contribution in [0.2, 0.25) is 0 Å². The van der Waals surface area contributed by atoms with Gasteiger partial charge >= 0.3 is 13.8 Å². The van der Waals surface area contributed by atoms with E-state index in [0.29, 0.717) is 6.42 Å². The van der Waals surface area contributed by atoms with Crippen LogP contribution < -0.4 is 5.32 Å². The number of phosphoric acid groups is 1. The molecule has 0 aromatic rings. The Morgan fingerprint density at radius 2 is 1.06 bits per heavy atom. The molecule has 0 fully saturated rings. The molecule has 0 aliphatic rings. The minimum Gasteiger partial charge on any atom is -0.463 e. The van der Waals surface area contributed by atoms with Gasteiger partial charge in [0.25, 0.3) is 0 Å². The van der Waals surface area contributed by atoms with E-state index in [9.17, 15) is 24.2 Å². The fourth-order valence-corrected chi connectivity index (χ4v) is 6.16. The third-order valence-corrected chi connectivity index (χ3v) is 9.53. The van der Waals surface area contributed by atoms with E-state index in [4.69, 9.17) is 13.8 Å². The summed E-state index contributed by atoms with van der Waals surface area (Å²) in [5.74, 6) is -0.539. The van der Waals surface area contributed by atoms with E-state index in [1.165, 1.54) is 77.0 Å². The number of esters is 1. The van der Waals surface area contributed by atoms with Gasteiger partial charge in [0.15, 0.2) is 0 Å². The van der Waals surface area contributed by atoms with Gasteiger partial charge in [0.05, 0.1) is 13.2 Å². The van der Waals surface area contributed by atoms with E-state index in [0.717, 1.165) is 77.0 Å². The lowest BCUT2D eigenvalue weighted by molar-refractivity contribution is -0.147. The molecule has 0 aromatic heterocycles. The van der Waals surface area contributed by atoms with E-state index in [-0.39, 0.29) is 32.1 Å². The van der Waals surface area contributed by atoms with Crippen LogP contribution in [0.25, 0.3) is 0 Å². The minimum absolute atomic E-state index is 0.0755. The molecule has 0 heterocycles. The van der Waals surface area contributed by atoms with Gasteiger partial charge in [-0.15, -0.1) is 0 Å². The Hall–Kier alpha value is -1.77. The van der Waals surface area contributed by atoms with Crippen molar-refractivity contribution in [1.29, 1.82) is 0 Å². The van der Waals surface area contributed by atoms with Gasteiger partial charge in [-0.05, 0) is 70.6 Å². The number of hydrogen-bond donors (Lipinski definition) is 3. The number of aliphatic hydroxyl groups is 1. The largest absolute Gasteiger partial charge is 0.472 e. The molecule has 0 spiro atoms. The first-order valence-electron chi connectivity index (χ1n) is 20.5. The number of carbonyl (C=O) groups is 2. The Balaban J connectivity index is 3.65. The molecule has 298 valence electrons. The van der Waals surface area contributed by atoms with Gasteiger partial charge in [-0.3, -0.25) is 18.6 Å². The summed E-state index contributed by atoms with van der Waals surface area (Å²) in [6.07, 6.45) is 40.7. The monoisotopic (exact) mass is 742 g/mol. The average molecular weight is 742 g/mol. The number of aliphatic hydroxyl groups excluding tert-OH is 1. The molecule has 0 bridgehead atoms. The van der Waals surface area contributed by atoms with Gasteiger partial charge < -0.3 is 20.1 Å². The Bertz CT molecular complexity index is 939. The normalized spacial score (nSPS) is 13.7. The van der Waals surface area contributed by atoms with Crippen LogP contribution in [0.5, 0.6) is 0 Å². The molecule has 3 N–H and O–H groups in total. The second-order valence-electron chi connectivity index (χ2n) is 13.6. The van der Waals surface area contributed by atoms with Gasteiger partial charge in [-0.1, -0.05) is 134 Å². The van der Waals surface area contributed by atoms with E-state index in [2.05, 4.69) is 55.6 Å². The molecule has 0 saturated carbocycles. The highest BCUT2D eigenvalue weighted by Crippen LogP contribution is 2.42. The predicted molar refractivity (Wildman–Crippen MR) is 211 cm³/mol. The van der Waals surface area contributed by atoms with Gasteiger partial charge in [0.2, 0.25) is 5.91 Å². The lowest BCUT2D eigenvalue weighted by Crippen LogP contribution is -2.27. The van der Waals surface area contributed by atoms with Gasteiger partial charge in [-0.25, -0.2) is 4.57 Å². The minimum atomic E-state index is -4.42. The Kier molecular flexibility index (Phi) is 36.7. The van der Waals surface area contributed by atoms with Crippen LogP contribution in [0.4, 0.5) is 0 Å². The van der Waals surface area contributed by atoms with Crippen LogP contribution in [0.15, 0.2) is 36.5 Å². The third-order valence-electron chi connectivity index (χ3n) is 8.54. The van der Waals surface area contributed by atoms with Crippen LogP contribution in [0.3, 0.4) is 0 Å². The summed E-state index contributed by atoms with van der Waals surface area (Å²) in [5.41, 5.74) is 0. The van der Waals surface area contributed by atoms with Crippen molar-refractivity contribution in [2.24, 2.45) is 0 Å². The van der Waals surface area contributed by atoms with Crippen molar-refractivity contribution in [2.75, 3.05) is 26.4 Å². The van der Waals surface area contributed by atoms with Crippen LogP contribution in [-0.2, 0) is 27.9 Å². The molecule has 51 heavy (non-hydrogen) atoms. The Morgan fingerprint density at radius 3 is 1.61 bits per heavy atom. The number of ether oxygens (including phenoxy) is 1. The number of amides is 1. The second-order valence-corrected chi connectivity index (χ2v) is 15.1. The molecule has 2 atom stereocenters. The molecule has 0 rings (SSSR count). The fraction of sp³-hybridized carbons (Fsp3) is 0.805. The van der Waals surface area contributed by atoms with E-state index >= 15 is 0 Å². The predicted octanol–water partition coefficient (Wildman–Crippen LogP) is 11.0. The lowest BCUT2D eigenvalue weighted by atomic mass is 10.1. The topological polar surface area (TPSA) is 131 Å². The van der Waals surface area contributed by atoms with Crippen LogP contribution in [-0.4, -0.2) is 54.3 Å². The number of hydrogen-bond acceptors (Lipinski definition) is 7. The maximum absolute atomic E-state index is 12.1. The number of nitrogens with one attached hydrogen (secondary N) is 1. The summed E-state index contributed by atoms with van der Waals surface area (Å²) in [6.45, 7) is 3.49. The van der Waals surface area contributed by atoms with Crippen molar-refractivity contribution in [3.05, 3.63) is 36.5 Å². The van der Waals surface area contributed by atoms with E-state index in [1.807, 2.05) is 0 Å². The summed E-state index contributed by atoms with van der Waals surface area (Å²) in [6, 6.07) is 0. The molecule has 0 aliphatic heterocycles. The first kappa shape index (κ1) is 49.2. The molecule has 0 saturated heterocycles. The zero-order valence-corrected chi connectivity index (χ0v) is 33.4. The molecule has 9 nitrogen and oxygen atoms in total. The second kappa shape index (κ2) is 38.0. The highest BCUT2D eigenvalue weighted by molar-refractivity contribution is 7.47. The molecule has 0 aromatic carbocycles. The summed E-state index contributed by atoms with van der Waals surface area (Å²) in [5, 5.41) is 12.7. The van der Waals surface area contributed by atoms with Crippen LogP contribution in [0, 0.1) is 0 Å². The van der Waals surface area contributed by atoms with Crippen molar-refractivity contribution in [1.82, 2.24) is 5.32 Å². The number of allylic oxidation sites excluding steroid dienone is 6. The van der Waals surface area contributed by atoms with Gasteiger partial charge in [0, 0.05) is 19.4 Å². The molecular weight excluding hydrogens is 665 g/mol. The summed E-state index contributed by atoms with van der Waals surface area (Å²) < 4.78 is 26.8. The molecular formula is C41H76NO8P. The number of phosphoric ester groups is 1. The zero-order valence-electron chi connectivity index (χ0n) is 32.5. The molecule has 2 unspecified atom stereocenters. The maximum Gasteiger partial charge on any atom is 0.472 e. The van der Waals surface area contributed by atoms with Gasteiger partial charge in [0.1, 0.15) is 12.7 Å². The van der Waals surface area contributed by atoms with Crippen molar-refractivity contribution in [3.63, 3.8) is 0 Å². The third kappa shape index (κ3) is 39.3. The summed E-state index contributed by atoms with van der Waals surface area (Å²) in [4.78, 5) is 33.8. The number of rotatable bonds is 38. The van der Waals surface area contributed by atoms with Crippen LogP contribution >= 0.6 is 7.82 Å². The Labute approximate surface area is 312 Å². The zero-order chi connectivity index (χ0) is 37.5. The number of unbranched alkanes of at least 4 members (excludes halogenated alkanes) is 19. The smallest absolute Gasteiger partial charge is 0.463 e.